The van der Waals surface area contributed by atoms with Crippen LogP contribution >= 0.6 is 0 Å². The van der Waals surface area contributed by atoms with Gasteiger partial charge in [0, 0.05) is 25.3 Å². The van der Waals surface area contributed by atoms with Gasteiger partial charge in [0.15, 0.2) is 0 Å². The lowest BCUT2D eigenvalue weighted by Crippen LogP contribution is -2.45. The molecular formula is C16H24N2O2. The van der Waals surface area contributed by atoms with Crippen molar-refractivity contribution in [3.8, 4) is 0 Å². The Kier molecular flexibility index (Phi) is 4.65. The molecule has 2 N–H and O–H groups in total. The van der Waals surface area contributed by atoms with Crippen LogP contribution in [-0.4, -0.2) is 41.1 Å². The first-order valence-electron chi connectivity index (χ1n) is 7.38. The van der Waals surface area contributed by atoms with Gasteiger partial charge in [-0.3, -0.25) is 4.79 Å². The smallest absolute Gasteiger partial charge is 0.255 e. The predicted molar refractivity (Wildman–Crippen MR) is 81.0 cm³/mol. The largest absolute Gasteiger partial charge is 0.390 e. The molecule has 1 aromatic carbocycles. The van der Waals surface area contributed by atoms with Crippen LogP contribution in [0.3, 0.4) is 0 Å². The van der Waals surface area contributed by atoms with Gasteiger partial charge in [0.2, 0.25) is 0 Å². The van der Waals surface area contributed by atoms with Crippen molar-refractivity contribution in [3.63, 3.8) is 0 Å². The van der Waals surface area contributed by atoms with E-state index in [4.69, 9.17) is 0 Å². The highest BCUT2D eigenvalue weighted by Crippen LogP contribution is 2.24. The number of rotatable bonds is 4. The van der Waals surface area contributed by atoms with Crippen LogP contribution in [0.15, 0.2) is 24.3 Å². The molecule has 0 radical (unpaired) electrons. The number of carbonyl (C=O) groups is 1. The number of nitrogens with zero attached hydrogens (tertiary/aromatic N) is 1. The topological polar surface area (TPSA) is 52.6 Å². The van der Waals surface area contributed by atoms with E-state index in [0.29, 0.717) is 25.9 Å². The normalized spacial score (nSPS) is 17.9. The Morgan fingerprint density at radius 3 is 2.65 bits per heavy atom. The van der Waals surface area contributed by atoms with Crippen LogP contribution in [0.1, 0.15) is 43.5 Å². The molecule has 1 fully saturated rings. The first kappa shape index (κ1) is 14.9. The second-order valence-electron chi connectivity index (χ2n) is 5.76. The fourth-order valence-corrected chi connectivity index (χ4v) is 2.45. The van der Waals surface area contributed by atoms with Crippen LogP contribution in [0.25, 0.3) is 0 Å². The summed E-state index contributed by atoms with van der Waals surface area (Å²) in [5, 5.41) is 13.3. The summed E-state index contributed by atoms with van der Waals surface area (Å²) in [6, 6.07) is 7.65. The van der Waals surface area contributed by atoms with Gasteiger partial charge < -0.3 is 15.3 Å². The second kappa shape index (κ2) is 6.27. The van der Waals surface area contributed by atoms with Gasteiger partial charge in [-0.2, -0.15) is 0 Å². The van der Waals surface area contributed by atoms with Gasteiger partial charge in [-0.25, -0.2) is 0 Å². The Morgan fingerprint density at radius 2 is 2.00 bits per heavy atom. The van der Waals surface area contributed by atoms with Crippen molar-refractivity contribution in [2.24, 2.45) is 0 Å². The van der Waals surface area contributed by atoms with Crippen LogP contribution < -0.4 is 5.32 Å². The van der Waals surface area contributed by atoms with Gasteiger partial charge in [-0.1, -0.05) is 19.1 Å². The lowest BCUT2D eigenvalue weighted by molar-refractivity contribution is -0.00199. The zero-order valence-corrected chi connectivity index (χ0v) is 12.4. The third kappa shape index (κ3) is 3.51. The number of benzene rings is 1. The van der Waals surface area contributed by atoms with E-state index in [2.05, 4.69) is 12.2 Å². The molecule has 0 atom stereocenters. The molecule has 1 amide bonds. The summed E-state index contributed by atoms with van der Waals surface area (Å²) in [7, 11) is 0. The van der Waals surface area contributed by atoms with Crippen molar-refractivity contribution in [1.82, 2.24) is 4.90 Å². The van der Waals surface area contributed by atoms with Crippen molar-refractivity contribution >= 4 is 11.6 Å². The zero-order valence-electron chi connectivity index (χ0n) is 12.4. The Bertz CT molecular complexity index is 461. The average molecular weight is 276 g/mol. The first-order valence-corrected chi connectivity index (χ1v) is 7.38. The van der Waals surface area contributed by atoms with E-state index in [9.17, 15) is 9.90 Å². The number of hydrogen-bond donors (Lipinski definition) is 2. The Labute approximate surface area is 120 Å². The number of hydrogen-bond acceptors (Lipinski definition) is 3. The molecule has 0 unspecified atom stereocenters. The number of likely N-dealkylation sites (tertiary alicyclic amines) is 1. The highest BCUT2D eigenvalue weighted by atomic mass is 16.3. The molecular weight excluding hydrogens is 252 g/mol. The lowest BCUT2D eigenvalue weighted by atomic mass is 9.93. The molecule has 4 nitrogen and oxygen atoms in total. The Balaban J connectivity index is 2.09. The van der Waals surface area contributed by atoms with Gasteiger partial charge in [0.25, 0.3) is 5.91 Å². The van der Waals surface area contributed by atoms with Gasteiger partial charge in [-0.05, 0) is 38.3 Å². The molecule has 1 aliphatic heterocycles. The summed E-state index contributed by atoms with van der Waals surface area (Å²) in [5.41, 5.74) is 0.996. The maximum atomic E-state index is 12.6. The van der Waals surface area contributed by atoms with Crippen molar-refractivity contribution in [2.75, 3.05) is 25.0 Å². The minimum absolute atomic E-state index is 0.0553. The summed E-state index contributed by atoms with van der Waals surface area (Å²) in [5.74, 6) is 0.0553. The van der Waals surface area contributed by atoms with Crippen molar-refractivity contribution in [3.05, 3.63) is 29.8 Å². The van der Waals surface area contributed by atoms with E-state index >= 15 is 0 Å². The third-order valence-electron chi connectivity index (χ3n) is 3.85. The van der Waals surface area contributed by atoms with Crippen molar-refractivity contribution in [1.29, 1.82) is 0 Å². The van der Waals surface area contributed by atoms with Gasteiger partial charge >= 0.3 is 0 Å². The van der Waals surface area contributed by atoms with Crippen LogP contribution in [0.2, 0.25) is 0 Å². The third-order valence-corrected chi connectivity index (χ3v) is 3.85. The number of nitrogens with one attached hydrogen (secondary N) is 1. The van der Waals surface area contributed by atoms with Crippen LogP contribution in [0, 0.1) is 0 Å². The Morgan fingerprint density at radius 1 is 1.35 bits per heavy atom. The fraction of sp³-hybridized carbons (Fsp3) is 0.562. The van der Waals surface area contributed by atoms with Gasteiger partial charge in [0.1, 0.15) is 0 Å². The summed E-state index contributed by atoms with van der Waals surface area (Å²) in [6.45, 7) is 6.04. The van der Waals surface area contributed by atoms with E-state index in [1.807, 2.05) is 36.1 Å². The molecule has 1 heterocycles. The van der Waals surface area contributed by atoms with E-state index in [-0.39, 0.29) is 5.91 Å². The molecule has 1 aromatic rings. The molecule has 0 bridgehead atoms. The van der Waals surface area contributed by atoms with E-state index < -0.39 is 5.60 Å². The monoisotopic (exact) mass is 276 g/mol. The van der Waals surface area contributed by atoms with Crippen LogP contribution in [-0.2, 0) is 0 Å². The molecule has 0 spiro atoms. The van der Waals surface area contributed by atoms with Gasteiger partial charge in [0.05, 0.1) is 11.2 Å². The number of carbonyl (C=O) groups excluding carboxylic acids is 1. The minimum atomic E-state index is -0.628. The number of aliphatic hydroxyl groups is 1. The summed E-state index contributed by atoms with van der Waals surface area (Å²) < 4.78 is 0. The molecule has 0 aromatic heterocycles. The maximum absolute atomic E-state index is 12.6. The second-order valence-corrected chi connectivity index (χ2v) is 5.76. The molecule has 2 rings (SSSR count). The van der Waals surface area contributed by atoms with Crippen LogP contribution in [0.5, 0.6) is 0 Å². The number of amides is 1. The average Bonchev–Trinajstić information content (AvgIpc) is 2.45. The van der Waals surface area contributed by atoms with Gasteiger partial charge in [-0.15, -0.1) is 0 Å². The lowest BCUT2D eigenvalue weighted by Gasteiger charge is -2.36. The van der Waals surface area contributed by atoms with E-state index in [1.54, 1.807) is 0 Å². The minimum Gasteiger partial charge on any atom is -0.390 e. The molecule has 20 heavy (non-hydrogen) atoms. The molecule has 1 aliphatic rings. The van der Waals surface area contributed by atoms with E-state index in [1.165, 1.54) is 0 Å². The van der Waals surface area contributed by atoms with Crippen molar-refractivity contribution < 1.29 is 9.90 Å². The summed E-state index contributed by atoms with van der Waals surface area (Å²) in [6.07, 6.45) is 2.31. The molecule has 4 heteroatoms. The quantitative estimate of drug-likeness (QED) is 0.888. The standard InChI is InChI=1S/C16H24N2O2/c1-3-10-17-14-7-5-4-6-13(14)15(19)18-11-8-16(2,20)9-12-18/h4-7,17,20H,3,8-12H2,1-2H3. The zero-order chi connectivity index (χ0) is 14.6. The number of piperidine rings is 1. The van der Waals surface area contributed by atoms with Crippen LogP contribution in [0.4, 0.5) is 5.69 Å². The first-order chi connectivity index (χ1) is 9.53. The predicted octanol–water partition coefficient (Wildman–Crippen LogP) is 2.50. The Hall–Kier alpha value is -1.55. The number of anilines is 1. The summed E-state index contributed by atoms with van der Waals surface area (Å²) >= 11 is 0. The molecule has 0 aliphatic carbocycles. The van der Waals surface area contributed by atoms with Crippen molar-refractivity contribution in [2.45, 2.75) is 38.7 Å². The number of para-hydroxylation sites is 1. The maximum Gasteiger partial charge on any atom is 0.255 e. The summed E-state index contributed by atoms with van der Waals surface area (Å²) in [4.78, 5) is 14.4. The van der Waals surface area contributed by atoms with E-state index in [0.717, 1.165) is 24.2 Å². The highest BCUT2D eigenvalue weighted by Gasteiger charge is 2.30. The molecule has 1 saturated heterocycles. The SMILES string of the molecule is CCCNc1ccccc1C(=O)N1CCC(C)(O)CC1. The molecule has 0 saturated carbocycles. The highest BCUT2D eigenvalue weighted by molar-refractivity contribution is 5.99. The fourth-order valence-electron chi connectivity index (χ4n) is 2.45. The molecule has 110 valence electrons.